The highest BCUT2D eigenvalue weighted by molar-refractivity contribution is 5.95. The summed E-state index contributed by atoms with van der Waals surface area (Å²) in [7, 11) is 4.55. The number of rotatable bonds is 9. The van der Waals surface area contributed by atoms with Gasteiger partial charge in [0.1, 0.15) is 0 Å². The van der Waals surface area contributed by atoms with Gasteiger partial charge in [0, 0.05) is 25.3 Å². The summed E-state index contributed by atoms with van der Waals surface area (Å²) in [6.07, 6.45) is 0.768. The molecule has 0 aromatic heterocycles. The number of hydrogen-bond donors (Lipinski definition) is 1. The lowest BCUT2D eigenvalue weighted by Gasteiger charge is -2.14. The molecule has 1 aromatic carbocycles. The van der Waals surface area contributed by atoms with Crippen molar-refractivity contribution in [1.82, 2.24) is 5.32 Å². The van der Waals surface area contributed by atoms with E-state index < -0.39 is 0 Å². The first kappa shape index (κ1) is 17.1. The summed E-state index contributed by atoms with van der Waals surface area (Å²) in [5.41, 5.74) is 0.459. The van der Waals surface area contributed by atoms with Crippen molar-refractivity contribution in [2.45, 2.75) is 13.3 Å². The number of hydrogen-bond acceptors (Lipinski definition) is 5. The highest BCUT2D eigenvalue weighted by Gasteiger charge is 2.16. The summed E-state index contributed by atoms with van der Waals surface area (Å²) in [5, 5.41) is 2.83. The maximum absolute atomic E-state index is 12.1. The zero-order chi connectivity index (χ0) is 15.7. The first-order chi connectivity index (χ1) is 10.2. The zero-order valence-corrected chi connectivity index (χ0v) is 13.0. The van der Waals surface area contributed by atoms with Crippen LogP contribution in [0.1, 0.15) is 23.7 Å². The van der Waals surface area contributed by atoms with E-state index in [1.807, 2.05) is 6.92 Å². The fraction of sp³-hybridized carbons (Fsp3) is 0.533. The Balaban J connectivity index is 2.75. The minimum Gasteiger partial charge on any atom is -0.493 e. The van der Waals surface area contributed by atoms with Gasteiger partial charge in [-0.25, -0.2) is 0 Å². The fourth-order valence-corrected chi connectivity index (χ4v) is 1.83. The Kier molecular flexibility index (Phi) is 7.39. The number of methoxy groups -OCH3 is 3. The van der Waals surface area contributed by atoms with Gasteiger partial charge < -0.3 is 24.3 Å². The maximum atomic E-state index is 12.1. The van der Waals surface area contributed by atoms with Crippen molar-refractivity contribution in [2.24, 2.45) is 0 Å². The molecule has 0 radical (unpaired) electrons. The Morgan fingerprint density at radius 3 is 2.19 bits per heavy atom. The lowest BCUT2D eigenvalue weighted by atomic mass is 10.1. The van der Waals surface area contributed by atoms with E-state index in [1.165, 1.54) is 21.3 Å². The predicted octanol–water partition coefficient (Wildman–Crippen LogP) is 1.87. The first-order valence-corrected chi connectivity index (χ1v) is 6.83. The molecule has 1 amide bonds. The van der Waals surface area contributed by atoms with Gasteiger partial charge in [-0.2, -0.15) is 0 Å². The van der Waals surface area contributed by atoms with Crippen LogP contribution in [-0.2, 0) is 4.74 Å². The number of carbonyl (C=O) groups excluding carboxylic acids is 1. The van der Waals surface area contributed by atoms with E-state index >= 15 is 0 Å². The fourth-order valence-electron chi connectivity index (χ4n) is 1.83. The van der Waals surface area contributed by atoms with Gasteiger partial charge in [-0.1, -0.05) is 0 Å². The highest BCUT2D eigenvalue weighted by Crippen LogP contribution is 2.38. The van der Waals surface area contributed by atoms with Crippen LogP contribution in [0.4, 0.5) is 0 Å². The molecule has 1 rings (SSSR count). The monoisotopic (exact) mass is 297 g/mol. The summed E-state index contributed by atoms with van der Waals surface area (Å²) in [6, 6.07) is 3.25. The quantitative estimate of drug-likeness (QED) is 0.705. The van der Waals surface area contributed by atoms with Crippen molar-refractivity contribution >= 4 is 5.91 Å². The van der Waals surface area contributed by atoms with Crippen LogP contribution in [0, 0.1) is 0 Å². The molecule has 0 spiro atoms. The van der Waals surface area contributed by atoms with E-state index in [0.717, 1.165) is 6.42 Å². The van der Waals surface area contributed by atoms with Crippen molar-refractivity contribution in [1.29, 1.82) is 0 Å². The maximum Gasteiger partial charge on any atom is 0.251 e. The number of carbonyl (C=O) groups is 1. The summed E-state index contributed by atoms with van der Waals surface area (Å²) in [4.78, 5) is 12.1. The molecular formula is C15H23NO5. The van der Waals surface area contributed by atoms with Crippen LogP contribution < -0.4 is 19.5 Å². The van der Waals surface area contributed by atoms with Crippen molar-refractivity contribution in [3.8, 4) is 17.2 Å². The van der Waals surface area contributed by atoms with Gasteiger partial charge in [-0.05, 0) is 25.5 Å². The summed E-state index contributed by atoms with van der Waals surface area (Å²) in [5.74, 6) is 1.19. The summed E-state index contributed by atoms with van der Waals surface area (Å²) in [6.45, 7) is 3.80. The molecule has 0 aliphatic carbocycles. The van der Waals surface area contributed by atoms with E-state index in [1.54, 1.807) is 12.1 Å². The Labute approximate surface area is 125 Å². The Bertz CT molecular complexity index is 436. The van der Waals surface area contributed by atoms with Gasteiger partial charge in [0.25, 0.3) is 5.91 Å². The Hall–Kier alpha value is -1.95. The second-order valence-corrected chi connectivity index (χ2v) is 4.22. The van der Waals surface area contributed by atoms with E-state index in [4.69, 9.17) is 18.9 Å². The van der Waals surface area contributed by atoms with Gasteiger partial charge in [0.15, 0.2) is 11.5 Å². The molecule has 6 nitrogen and oxygen atoms in total. The number of amides is 1. The van der Waals surface area contributed by atoms with E-state index in [-0.39, 0.29) is 5.91 Å². The van der Waals surface area contributed by atoms with Crippen molar-refractivity contribution in [2.75, 3.05) is 41.1 Å². The molecule has 0 aliphatic heterocycles. The molecule has 0 fully saturated rings. The molecule has 0 aliphatic rings. The molecule has 0 saturated carbocycles. The third kappa shape index (κ3) is 4.82. The van der Waals surface area contributed by atoms with Crippen LogP contribution in [-0.4, -0.2) is 47.0 Å². The minimum absolute atomic E-state index is 0.189. The Morgan fingerprint density at radius 1 is 1.10 bits per heavy atom. The van der Waals surface area contributed by atoms with Gasteiger partial charge in [-0.15, -0.1) is 0 Å². The topological polar surface area (TPSA) is 66.0 Å². The zero-order valence-electron chi connectivity index (χ0n) is 13.0. The second-order valence-electron chi connectivity index (χ2n) is 4.22. The average Bonchev–Trinajstić information content (AvgIpc) is 2.52. The minimum atomic E-state index is -0.189. The summed E-state index contributed by atoms with van der Waals surface area (Å²) < 4.78 is 20.9. The first-order valence-electron chi connectivity index (χ1n) is 6.83. The predicted molar refractivity (Wildman–Crippen MR) is 79.5 cm³/mol. The summed E-state index contributed by atoms with van der Waals surface area (Å²) >= 11 is 0. The molecule has 0 saturated heterocycles. The largest absolute Gasteiger partial charge is 0.493 e. The number of benzene rings is 1. The molecule has 0 bridgehead atoms. The molecule has 21 heavy (non-hydrogen) atoms. The van der Waals surface area contributed by atoms with E-state index in [9.17, 15) is 4.79 Å². The number of nitrogens with one attached hydrogen (secondary N) is 1. The van der Waals surface area contributed by atoms with Gasteiger partial charge in [0.05, 0.1) is 21.3 Å². The van der Waals surface area contributed by atoms with Crippen LogP contribution in [0.25, 0.3) is 0 Å². The standard InChI is InChI=1S/C15H23NO5/c1-5-21-8-6-7-16-15(17)11-9-12(18-2)14(20-4)13(10-11)19-3/h9-10H,5-8H2,1-4H3,(H,16,17). The van der Waals surface area contributed by atoms with Crippen LogP contribution in [0.5, 0.6) is 17.2 Å². The molecular weight excluding hydrogens is 274 g/mol. The molecule has 118 valence electrons. The van der Waals surface area contributed by atoms with Gasteiger partial charge in [0.2, 0.25) is 5.75 Å². The van der Waals surface area contributed by atoms with Crippen molar-refractivity contribution < 1.29 is 23.7 Å². The third-order valence-electron chi connectivity index (χ3n) is 2.88. The SMILES string of the molecule is CCOCCCNC(=O)c1cc(OC)c(OC)c(OC)c1. The molecule has 0 unspecified atom stereocenters. The number of ether oxygens (including phenoxy) is 4. The lowest BCUT2D eigenvalue weighted by Crippen LogP contribution is -2.25. The normalized spacial score (nSPS) is 10.1. The second kappa shape index (κ2) is 9.07. The van der Waals surface area contributed by atoms with Crippen LogP contribution in [0.3, 0.4) is 0 Å². The smallest absolute Gasteiger partial charge is 0.251 e. The van der Waals surface area contributed by atoms with Crippen LogP contribution >= 0.6 is 0 Å². The van der Waals surface area contributed by atoms with Gasteiger partial charge in [-0.3, -0.25) is 4.79 Å². The van der Waals surface area contributed by atoms with Crippen LogP contribution in [0.15, 0.2) is 12.1 Å². The molecule has 1 aromatic rings. The third-order valence-corrected chi connectivity index (χ3v) is 2.88. The van der Waals surface area contributed by atoms with Gasteiger partial charge >= 0.3 is 0 Å². The average molecular weight is 297 g/mol. The van der Waals surface area contributed by atoms with Crippen molar-refractivity contribution in [3.63, 3.8) is 0 Å². The van der Waals surface area contributed by atoms with E-state index in [0.29, 0.717) is 42.6 Å². The molecule has 6 heteroatoms. The van der Waals surface area contributed by atoms with Crippen LogP contribution in [0.2, 0.25) is 0 Å². The van der Waals surface area contributed by atoms with E-state index in [2.05, 4.69) is 5.32 Å². The lowest BCUT2D eigenvalue weighted by molar-refractivity contribution is 0.0943. The molecule has 0 heterocycles. The van der Waals surface area contributed by atoms with Crippen molar-refractivity contribution in [3.05, 3.63) is 17.7 Å². The Morgan fingerprint density at radius 2 is 1.71 bits per heavy atom. The molecule has 0 atom stereocenters. The highest BCUT2D eigenvalue weighted by atomic mass is 16.5. The molecule has 1 N–H and O–H groups in total.